The molecule has 2 aliphatic rings. The Hall–Kier alpha value is -1.50. The maximum atomic E-state index is 4.31. The summed E-state index contributed by atoms with van der Waals surface area (Å²) in [5.41, 5.74) is 3.94. The van der Waals surface area contributed by atoms with Gasteiger partial charge >= 0.3 is 0 Å². The van der Waals surface area contributed by atoms with Gasteiger partial charge in [0.25, 0.3) is 0 Å². The van der Waals surface area contributed by atoms with E-state index < -0.39 is 0 Å². The van der Waals surface area contributed by atoms with Gasteiger partial charge in [-0.05, 0) is 36.8 Å². The molecule has 0 spiro atoms. The molecule has 0 atom stereocenters. The van der Waals surface area contributed by atoms with E-state index in [2.05, 4.69) is 55.3 Å². The SMILES string of the molecule is C=C(/C=C\C(NCCCCC)=C1\C=CC=CC1)CC1CCCCC1. The van der Waals surface area contributed by atoms with Crippen LogP contribution in [0, 0.1) is 5.92 Å². The van der Waals surface area contributed by atoms with Crippen molar-refractivity contribution in [2.75, 3.05) is 6.54 Å². The van der Waals surface area contributed by atoms with Gasteiger partial charge in [-0.3, -0.25) is 0 Å². The number of allylic oxidation sites excluding steroid dienone is 8. The molecule has 0 saturated heterocycles. The van der Waals surface area contributed by atoms with Crippen molar-refractivity contribution in [3.8, 4) is 0 Å². The summed E-state index contributed by atoms with van der Waals surface area (Å²) in [6.45, 7) is 7.62. The second-order valence-corrected chi connectivity index (χ2v) is 7.26. The van der Waals surface area contributed by atoms with Crippen LogP contribution in [0.2, 0.25) is 0 Å². The third kappa shape index (κ3) is 6.95. The van der Waals surface area contributed by atoms with Crippen LogP contribution in [0.25, 0.3) is 0 Å². The first-order chi connectivity index (χ1) is 11.8. The van der Waals surface area contributed by atoms with Crippen molar-refractivity contribution in [3.63, 3.8) is 0 Å². The molecule has 1 heteroatoms. The number of hydrogen-bond donors (Lipinski definition) is 1. The molecule has 0 bridgehead atoms. The lowest BCUT2D eigenvalue weighted by Gasteiger charge is -2.21. The quantitative estimate of drug-likeness (QED) is 0.371. The van der Waals surface area contributed by atoms with Gasteiger partial charge in [-0.2, -0.15) is 0 Å². The number of unbranched alkanes of at least 4 members (excludes halogenated alkanes) is 2. The van der Waals surface area contributed by atoms with Gasteiger partial charge in [0.1, 0.15) is 0 Å². The first-order valence-corrected chi connectivity index (χ1v) is 9.95. The second-order valence-electron chi connectivity index (χ2n) is 7.26. The van der Waals surface area contributed by atoms with Gasteiger partial charge in [0, 0.05) is 12.2 Å². The Morgan fingerprint density at radius 2 is 2.00 bits per heavy atom. The van der Waals surface area contributed by atoms with E-state index in [0.717, 1.165) is 18.9 Å². The molecule has 132 valence electrons. The van der Waals surface area contributed by atoms with Crippen LogP contribution in [0.3, 0.4) is 0 Å². The summed E-state index contributed by atoms with van der Waals surface area (Å²) in [5, 5.41) is 3.65. The Bertz CT molecular complexity index is 498. The van der Waals surface area contributed by atoms with Gasteiger partial charge in [0.05, 0.1) is 0 Å². The van der Waals surface area contributed by atoms with Crippen molar-refractivity contribution in [2.45, 2.75) is 71.1 Å². The molecule has 24 heavy (non-hydrogen) atoms. The summed E-state index contributed by atoms with van der Waals surface area (Å²) in [6, 6.07) is 0. The Morgan fingerprint density at radius 1 is 1.17 bits per heavy atom. The highest BCUT2D eigenvalue weighted by Gasteiger charge is 2.13. The van der Waals surface area contributed by atoms with E-state index >= 15 is 0 Å². The first-order valence-electron chi connectivity index (χ1n) is 9.95. The van der Waals surface area contributed by atoms with Crippen LogP contribution in [-0.4, -0.2) is 6.54 Å². The fraction of sp³-hybridized carbons (Fsp3) is 0.565. The molecule has 0 radical (unpaired) electrons. The van der Waals surface area contributed by atoms with E-state index in [-0.39, 0.29) is 0 Å². The Labute approximate surface area is 149 Å². The Balaban J connectivity index is 1.91. The minimum atomic E-state index is 0.863. The van der Waals surface area contributed by atoms with Crippen molar-refractivity contribution < 1.29 is 0 Å². The van der Waals surface area contributed by atoms with Gasteiger partial charge in [0.2, 0.25) is 0 Å². The number of hydrogen-bond acceptors (Lipinski definition) is 1. The fourth-order valence-corrected chi connectivity index (χ4v) is 3.62. The summed E-state index contributed by atoms with van der Waals surface area (Å²) >= 11 is 0. The van der Waals surface area contributed by atoms with Crippen LogP contribution in [0.15, 0.2) is 59.9 Å². The number of nitrogens with one attached hydrogen (secondary N) is 1. The molecular weight excluding hydrogens is 290 g/mol. The highest BCUT2D eigenvalue weighted by Crippen LogP contribution is 2.29. The van der Waals surface area contributed by atoms with Crippen molar-refractivity contribution in [3.05, 3.63) is 59.9 Å². The molecule has 0 aliphatic heterocycles. The van der Waals surface area contributed by atoms with Crippen LogP contribution in [0.5, 0.6) is 0 Å². The lowest BCUT2D eigenvalue weighted by Crippen LogP contribution is -2.15. The minimum Gasteiger partial charge on any atom is -0.385 e. The molecule has 1 nitrogen and oxygen atoms in total. The summed E-state index contributed by atoms with van der Waals surface area (Å²) in [4.78, 5) is 0. The molecule has 0 aromatic carbocycles. The maximum Gasteiger partial charge on any atom is 0.0375 e. The van der Waals surface area contributed by atoms with E-state index in [1.54, 1.807) is 0 Å². The molecule has 0 unspecified atom stereocenters. The standard InChI is InChI=1S/C23H35N/c1-3-4-11-18-24-23(22-14-9-6-10-15-22)17-16-20(2)19-21-12-7-5-8-13-21/h6,9-10,14,16-17,21,24H,2-5,7-8,11-13,15,18-19H2,1H3/b17-16-,23-22+. The average molecular weight is 326 g/mol. The van der Waals surface area contributed by atoms with Crippen LogP contribution in [0.4, 0.5) is 0 Å². The predicted molar refractivity (Wildman–Crippen MR) is 107 cm³/mol. The molecule has 0 aromatic heterocycles. The minimum absolute atomic E-state index is 0.863. The van der Waals surface area contributed by atoms with Crippen LogP contribution in [-0.2, 0) is 0 Å². The normalized spacial score (nSPS) is 20.5. The average Bonchev–Trinajstić information content (AvgIpc) is 2.62. The zero-order valence-corrected chi connectivity index (χ0v) is 15.5. The molecule has 0 heterocycles. The summed E-state index contributed by atoms with van der Waals surface area (Å²) in [5.74, 6) is 0.863. The molecule has 1 N–H and O–H groups in total. The van der Waals surface area contributed by atoms with Crippen molar-refractivity contribution in [1.29, 1.82) is 0 Å². The van der Waals surface area contributed by atoms with E-state index in [0.29, 0.717) is 0 Å². The van der Waals surface area contributed by atoms with Crippen LogP contribution < -0.4 is 5.32 Å². The number of rotatable bonds is 9. The molecule has 0 amide bonds. The van der Waals surface area contributed by atoms with E-state index in [1.807, 2.05) is 0 Å². The molecular formula is C23H35N. The largest absolute Gasteiger partial charge is 0.385 e. The summed E-state index contributed by atoms with van der Waals surface area (Å²) in [7, 11) is 0. The predicted octanol–water partition coefficient (Wildman–Crippen LogP) is 6.62. The molecule has 1 saturated carbocycles. The second kappa shape index (κ2) is 11.1. The fourth-order valence-electron chi connectivity index (χ4n) is 3.62. The van der Waals surface area contributed by atoms with Crippen LogP contribution in [0.1, 0.15) is 71.1 Å². The van der Waals surface area contributed by atoms with Crippen molar-refractivity contribution in [1.82, 2.24) is 5.32 Å². The van der Waals surface area contributed by atoms with Gasteiger partial charge in [-0.15, -0.1) is 0 Å². The molecule has 2 rings (SSSR count). The Kier molecular flexibility index (Phi) is 8.73. The zero-order valence-electron chi connectivity index (χ0n) is 15.5. The maximum absolute atomic E-state index is 4.31. The monoisotopic (exact) mass is 325 g/mol. The van der Waals surface area contributed by atoms with E-state index in [1.165, 1.54) is 74.6 Å². The first kappa shape index (κ1) is 18.8. The van der Waals surface area contributed by atoms with E-state index in [4.69, 9.17) is 0 Å². The summed E-state index contributed by atoms with van der Waals surface area (Å²) in [6.07, 6.45) is 26.3. The zero-order chi connectivity index (χ0) is 17.0. The molecule has 0 aromatic rings. The Morgan fingerprint density at radius 3 is 2.71 bits per heavy atom. The van der Waals surface area contributed by atoms with Gasteiger partial charge in [0.15, 0.2) is 0 Å². The van der Waals surface area contributed by atoms with Gasteiger partial charge in [-0.25, -0.2) is 0 Å². The van der Waals surface area contributed by atoms with Crippen molar-refractivity contribution in [2.24, 2.45) is 5.92 Å². The third-order valence-corrected chi connectivity index (χ3v) is 5.09. The highest BCUT2D eigenvalue weighted by atomic mass is 14.9. The van der Waals surface area contributed by atoms with Gasteiger partial charge < -0.3 is 5.32 Å². The molecule has 2 aliphatic carbocycles. The van der Waals surface area contributed by atoms with E-state index in [9.17, 15) is 0 Å². The third-order valence-electron chi connectivity index (χ3n) is 5.09. The highest BCUT2D eigenvalue weighted by molar-refractivity contribution is 5.39. The lowest BCUT2D eigenvalue weighted by atomic mass is 9.85. The van der Waals surface area contributed by atoms with Crippen LogP contribution >= 0.6 is 0 Å². The summed E-state index contributed by atoms with van der Waals surface area (Å²) < 4.78 is 0. The molecule has 1 fully saturated rings. The topological polar surface area (TPSA) is 12.0 Å². The lowest BCUT2D eigenvalue weighted by molar-refractivity contribution is 0.358. The van der Waals surface area contributed by atoms with Crippen molar-refractivity contribution >= 4 is 0 Å². The van der Waals surface area contributed by atoms with Gasteiger partial charge in [-0.1, -0.05) is 94.4 Å². The smallest absolute Gasteiger partial charge is 0.0375 e.